The summed E-state index contributed by atoms with van der Waals surface area (Å²) in [7, 11) is 0. The van der Waals surface area contributed by atoms with Crippen LogP contribution in [-0.2, 0) is 11.2 Å². The van der Waals surface area contributed by atoms with Gasteiger partial charge in [0, 0.05) is 19.4 Å². The number of carbonyl (C=O) groups excluding carboxylic acids is 1. The number of halogens is 3. The SMILES string of the molecule is O=C1CCCN1C(Cl)Cc1ccc(Cl)c(Cl)c1. The molecule has 1 aromatic rings. The van der Waals surface area contributed by atoms with E-state index in [1.807, 2.05) is 6.07 Å². The fraction of sp³-hybridized carbons (Fsp3) is 0.417. The van der Waals surface area contributed by atoms with E-state index in [1.54, 1.807) is 17.0 Å². The third kappa shape index (κ3) is 3.06. The Hall–Kier alpha value is -0.440. The number of nitrogens with zero attached hydrogens (tertiary/aromatic N) is 1. The van der Waals surface area contributed by atoms with E-state index in [4.69, 9.17) is 34.8 Å². The van der Waals surface area contributed by atoms with Crippen LogP contribution in [0.3, 0.4) is 0 Å². The minimum Gasteiger partial charge on any atom is -0.326 e. The monoisotopic (exact) mass is 291 g/mol. The highest BCUT2D eigenvalue weighted by Gasteiger charge is 2.26. The average molecular weight is 293 g/mol. The molecule has 0 spiro atoms. The van der Waals surface area contributed by atoms with E-state index >= 15 is 0 Å². The van der Waals surface area contributed by atoms with E-state index < -0.39 is 0 Å². The van der Waals surface area contributed by atoms with Gasteiger partial charge in [-0.3, -0.25) is 4.79 Å². The van der Waals surface area contributed by atoms with Gasteiger partial charge in [0.15, 0.2) is 0 Å². The molecule has 1 aromatic carbocycles. The highest BCUT2D eigenvalue weighted by Crippen LogP contribution is 2.25. The van der Waals surface area contributed by atoms with E-state index in [-0.39, 0.29) is 11.4 Å². The molecule has 0 aromatic heterocycles. The molecule has 0 N–H and O–H groups in total. The molecule has 2 nitrogen and oxygen atoms in total. The van der Waals surface area contributed by atoms with Crippen molar-refractivity contribution < 1.29 is 4.79 Å². The topological polar surface area (TPSA) is 20.3 Å². The Balaban J connectivity index is 2.04. The van der Waals surface area contributed by atoms with Crippen LogP contribution in [0, 0.1) is 0 Å². The molecule has 1 aliphatic heterocycles. The van der Waals surface area contributed by atoms with Crippen molar-refractivity contribution >= 4 is 40.7 Å². The maximum atomic E-state index is 11.5. The van der Waals surface area contributed by atoms with Crippen molar-refractivity contribution in [2.75, 3.05) is 6.54 Å². The third-order valence-corrected chi connectivity index (χ3v) is 3.97. The van der Waals surface area contributed by atoms with E-state index in [1.165, 1.54) is 0 Å². The van der Waals surface area contributed by atoms with E-state index in [0.717, 1.165) is 18.5 Å². The zero-order valence-electron chi connectivity index (χ0n) is 9.13. The quantitative estimate of drug-likeness (QED) is 0.614. The number of hydrogen-bond donors (Lipinski definition) is 0. The number of carbonyl (C=O) groups is 1. The fourth-order valence-corrected chi connectivity index (χ4v) is 2.64. The highest BCUT2D eigenvalue weighted by atomic mass is 35.5. The number of rotatable bonds is 3. The number of alkyl halides is 1. The number of hydrogen-bond acceptors (Lipinski definition) is 1. The third-order valence-electron chi connectivity index (χ3n) is 2.84. The van der Waals surface area contributed by atoms with Crippen molar-refractivity contribution in [1.29, 1.82) is 0 Å². The second-order valence-corrected chi connectivity index (χ2v) is 5.40. The summed E-state index contributed by atoms with van der Waals surface area (Å²) in [4.78, 5) is 13.2. The van der Waals surface area contributed by atoms with Crippen LogP contribution in [0.15, 0.2) is 18.2 Å². The van der Waals surface area contributed by atoms with Crippen LogP contribution in [0.2, 0.25) is 10.0 Å². The maximum Gasteiger partial charge on any atom is 0.223 e. The molecule has 1 heterocycles. The summed E-state index contributed by atoms with van der Waals surface area (Å²) in [6.45, 7) is 0.744. The summed E-state index contributed by atoms with van der Waals surface area (Å²) in [5.41, 5.74) is 0.682. The molecule has 0 aliphatic carbocycles. The van der Waals surface area contributed by atoms with Gasteiger partial charge >= 0.3 is 0 Å². The summed E-state index contributed by atoms with van der Waals surface area (Å²) in [6, 6.07) is 5.42. The van der Waals surface area contributed by atoms with E-state index in [2.05, 4.69) is 0 Å². The molecule has 1 atom stereocenters. The summed E-state index contributed by atoms with van der Waals surface area (Å²) < 4.78 is 0. The molecular weight excluding hydrogens is 280 g/mol. The maximum absolute atomic E-state index is 11.5. The van der Waals surface area contributed by atoms with Crippen LogP contribution in [0.1, 0.15) is 18.4 Å². The smallest absolute Gasteiger partial charge is 0.223 e. The molecule has 1 aliphatic rings. The van der Waals surface area contributed by atoms with Crippen molar-refractivity contribution in [3.05, 3.63) is 33.8 Å². The molecule has 5 heteroatoms. The molecular formula is C12H12Cl3NO. The first-order chi connectivity index (χ1) is 8.08. The van der Waals surface area contributed by atoms with Gasteiger partial charge in [0.1, 0.15) is 5.50 Å². The summed E-state index contributed by atoms with van der Waals surface area (Å²) in [5, 5.41) is 1.04. The second-order valence-electron chi connectivity index (χ2n) is 4.08. The molecule has 1 fully saturated rings. The Bertz CT molecular complexity index is 436. The Morgan fingerprint density at radius 2 is 2.06 bits per heavy atom. The van der Waals surface area contributed by atoms with Crippen LogP contribution in [-0.4, -0.2) is 22.9 Å². The van der Waals surface area contributed by atoms with Crippen molar-refractivity contribution in [2.24, 2.45) is 0 Å². The van der Waals surface area contributed by atoms with Crippen molar-refractivity contribution in [3.8, 4) is 0 Å². The zero-order chi connectivity index (χ0) is 12.4. The van der Waals surface area contributed by atoms with E-state index in [0.29, 0.717) is 22.9 Å². The van der Waals surface area contributed by atoms with Gasteiger partial charge in [-0.25, -0.2) is 0 Å². The number of benzene rings is 1. The predicted molar refractivity (Wildman–Crippen MR) is 70.8 cm³/mol. The lowest BCUT2D eigenvalue weighted by Gasteiger charge is -2.22. The van der Waals surface area contributed by atoms with Crippen molar-refractivity contribution in [3.63, 3.8) is 0 Å². The van der Waals surface area contributed by atoms with Crippen LogP contribution < -0.4 is 0 Å². The van der Waals surface area contributed by atoms with Crippen LogP contribution in [0.25, 0.3) is 0 Å². The predicted octanol–water partition coefficient (Wildman–Crippen LogP) is 3.72. The fourth-order valence-electron chi connectivity index (χ4n) is 1.94. The number of likely N-dealkylation sites (tertiary alicyclic amines) is 1. The Morgan fingerprint density at radius 1 is 1.29 bits per heavy atom. The van der Waals surface area contributed by atoms with Crippen LogP contribution in [0.4, 0.5) is 0 Å². The summed E-state index contributed by atoms with van der Waals surface area (Å²) in [5.74, 6) is 0.130. The van der Waals surface area contributed by atoms with Crippen molar-refractivity contribution in [2.45, 2.75) is 24.8 Å². The average Bonchev–Trinajstić information content (AvgIpc) is 2.70. The van der Waals surface area contributed by atoms with Gasteiger partial charge in [0.2, 0.25) is 5.91 Å². The molecule has 1 amide bonds. The van der Waals surface area contributed by atoms with Gasteiger partial charge in [-0.1, -0.05) is 40.9 Å². The molecule has 1 saturated heterocycles. The van der Waals surface area contributed by atoms with Gasteiger partial charge in [-0.05, 0) is 24.1 Å². The first-order valence-electron chi connectivity index (χ1n) is 5.45. The molecule has 17 heavy (non-hydrogen) atoms. The lowest BCUT2D eigenvalue weighted by molar-refractivity contribution is -0.128. The highest BCUT2D eigenvalue weighted by molar-refractivity contribution is 6.42. The van der Waals surface area contributed by atoms with Gasteiger partial charge in [-0.15, -0.1) is 0 Å². The van der Waals surface area contributed by atoms with Crippen LogP contribution >= 0.6 is 34.8 Å². The Labute approximate surface area is 115 Å². The lowest BCUT2D eigenvalue weighted by Crippen LogP contribution is -2.33. The molecule has 0 radical (unpaired) electrons. The minimum absolute atomic E-state index is 0.130. The molecule has 92 valence electrons. The summed E-state index contributed by atoms with van der Waals surface area (Å²) >= 11 is 18.0. The molecule has 0 saturated carbocycles. The molecule has 2 rings (SSSR count). The van der Waals surface area contributed by atoms with Crippen LogP contribution in [0.5, 0.6) is 0 Å². The largest absolute Gasteiger partial charge is 0.326 e. The van der Waals surface area contributed by atoms with Gasteiger partial charge in [0.05, 0.1) is 10.0 Å². The standard InChI is InChI=1S/C12H12Cl3NO/c13-9-4-3-8(6-10(9)14)7-11(15)16-5-1-2-12(16)17/h3-4,6,11H,1-2,5,7H2. The first-order valence-corrected chi connectivity index (χ1v) is 6.64. The normalized spacial score (nSPS) is 17.6. The summed E-state index contributed by atoms with van der Waals surface area (Å²) in [6.07, 6.45) is 2.08. The molecule has 0 bridgehead atoms. The second kappa shape index (κ2) is 5.47. The Kier molecular flexibility index (Phi) is 4.18. The Morgan fingerprint density at radius 3 is 2.65 bits per heavy atom. The van der Waals surface area contributed by atoms with Gasteiger partial charge in [-0.2, -0.15) is 0 Å². The van der Waals surface area contributed by atoms with Gasteiger partial charge < -0.3 is 4.90 Å². The van der Waals surface area contributed by atoms with Crippen molar-refractivity contribution in [1.82, 2.24) is 4.90 Å². The molecule has 1 unspecified atom stereocenters. The van der Waals surface area contributed by atoms with E-state index in [9.17, 15) is 4.79 Å². The first kappa shape index (κ1) is 13.0. The van der Waals surface area contributed by atoms with Gasteiger partial charge in [0.25, 0.3) is 0 Å². The number of amides is 1. The minimum atomic E-state index is -0.303. The zero-order valence-corrected chi connectivity index (χ0v) is 11.4. The lowest BCUT2D eigenvalue weighted by atomic mass is 10.1.